The van der Waals surface area contributed by atoms with E-state index in [1.165, 1.54) is 12.1 Å². The second-order valence-corrected chi connectivity index (χ2v) is 5.18. The molecule has 0 amide bonds. The second kappa shape index (κ2) is 7.70. The predicted octanol–water partition coefficient (Wildman–Crippen LogP) is 4.19. The van der Waals surface area contributed by atoms with Crippen molar-refractivity contribution in [3.8, 4) is 0 Å². The van der Waals surface area contributed by atoms with E-state index >= 15 is 0 Å². The summed E-state index contributed by atoms with van der Waals surface area (Å²) in [6.45, 7) is 3.24. The molecule has 1 aromatic rings. The van der Waals surface area contributed by atoms with Crippen molar-refractivity contribution >= 4 is 7.82 Å². The van der Waals surface area contributed by atoms with Crippen molar-refractivity contribution in [1.82, 2.24) is 0 Å². The third-order valence-corrected chi connectivity index (χ3v) is 3.81. The highest BCUT2D eigenvalue weighted by molar-refractivity contribution is 7.48. The Labute approximate surface area is 111 Å². The molecule has 1 atom stereocenters. The van der Waals surface area contributed by atoms with E-state index in [1.807, 2.05) is 0 Å². The molecule has 0 aliphatic heterocycles. The Bertz CT molecular complexity index is 403. The molecule has 0 aliphatic rings. The SMILES string of the molecule is CCOP(=O)(OCC)OC(c1ccccc1)C(F)F. The van der Waals surface area contributed by atoms with Crippen LogP contribution < -0.4 is 0 Å². The largest absolute Gasteiger partial charge is 0.475 e. The van der Waals surface area contributed by atoms with Crippen LogP contribution in [-0.4, -0.2) is 19.6 Å². The molecule has 1 unspecified atom stereocenters. The van der Waals surface area contributed by atoms with Crippen LogP contribution in [0.3, 0.4) is 0 Å². The van der Waals surface area contributed by atoms with E-state index in [0.717, 1.165) is 0 Å². The van der Waals surface area contributed by atoms with Crippen LogP contribution in [0.5, 0.6) is 0 Å². The first kappa shape index (κ1) is 16.2. The highest BCUT2D eigenvalue weighted by Gasteiger charge is 2.35. The van der Waals surface area contributed by atoms with E-state index in [-0.39, 0.29) is 18.8 Å². The molecule has 0 aromatic heterocycles. The number of hydrogen-bond donors (Lipinski definition) is 0. The molecule has 0 heterocycles. The van der Waals surface area contributed by atoms with Crippen molar-refractivity contribution < 1.29 is 26.9 Å². The minimum atomic E-state index is -3.97. The molecule has 19 heavy (non-hydrogen) atoms. The fourth-order valence-electron chi connectivity index (χ4n) is 1.45. The van der Waals surface area contributed by atoms with Crippen molar-refractivity contribution in [3.05, 3.63) is 35.9 Å². The van der Waals surface area contributed by atoms with E-state index in [9.17, 15) is 13.3 Å². The van der Waals surface area contributed by atoms with Crippen LogP contribution >= 0.6 is 7.82 Å². The summed E-state index contributed by atoms with van der Waals surface area (Å²) >= 11 is 0. The van der Waals surface area contributed by atoms with Gasteiger partial charge in [-0.1, -0.05) is 30.3 Å². The summed E-state index contributed by atoms with van der Waals surface area (Å²) in [5.41, 5.74) is 0.220. The summed E-state index contributed by atoms with van der Waals surface area (Å²) < 4.78 is 52.8. The normalized spacial score (nSPS) is 13.7. The van der Waals surface area contributed by atoms with Crippen LogP contribution in [-0.2, 0) is 18.1 Å². The Balaban J connectivity index is 2.92. The molecule has 0 aliphatic carbocycles. The average Bonchev–Trinajstić information content (AvgIpc) is 2.37. The fourth-order valence-corrected chi connectivity index (χ4v) is 2.77. The lowest BCUT2D eigenvalue weighted by atomic mass is 10.1. The number of hydrogen-bond acceptors (Lipinski definition) is 4. The second-order valence-electron chi connectivity index (χ2n) is 3.55. The molecule has 108 valence electrons. The van der Waals surface area contributed by atoms with Gasteiger partial charge in [-0.15, -0.1) is 0 Å². The number of benzene rings is 1. The molecule has 0 N–H and O–H groups in total. The highest BCUT2D eigenvalue weighted by atomic mass is 31.2. The molecule has 0 bridgehead atoms. The van der Waals surface area contributed by atoms with Crippen LogP contribution in [0.4, 0.5) is 8.78 Å². The van der Waals surface area contributed by atoms with Crippen LogP contribution in [0.1, 0.15) is 25.5 Å². The number of phosphoric acid groups is 1. The monoisotopic (exact) mass is 294 g/mol. The lowest BCUT2D eigenvalue weighted by Gasteiger charge is -2.23. The van der Waals surface area contributed by atoms with Crippen molar-refractivity contribution in [2.75, 3.05) is 13.2 Å². The lowest BCUT2D eigenvalue weighted by Crippen LogP contribution is -2.14. The van der Waals surface area contributed by atoms with Crippen LogP contribution in [0.15, 0.2) is 30.3 Å². The Morgan fingerprint density at radius 2 is 1.63 bits per heavy atom. The molecular weight excluding hydrogens is 277 g/mol. The van der Waals surface area contributed by atoms with E-state index in [2.05, 4.69) is 0 Å². The maximum Gasteiger partial charge on any atom is 0.475 e. The van der Waals surface area contributed by atoms with E-state index in [4.69, 9.17) is 13.6 Å². The summed E-state index contributed by atoms with van der Waals surface area (Å²) in [6.07, 6.45) is -4.48. The van der Waals surface area contributed by atoms with E-state index in [1.54, 1.807) is 32.0 Å². The molecule has 0 fully saturated rings. The number of alkyl halides is 2. The number of phosphoric ester groups is 1. The average molecular weight is 294 g/mol. The van der Waals surface area contributed by atoms with Gasteiger partial charge in [0.1, 0.15) is 0 Å². The van der Waals surface area contributed by atoms with E-state index in [0.29, 0.717) is 0 Å². The van der Waals surface area contributed by atoms with Crippen LogP contribution in [0.2, 0.25) is 0 Å². The Kier molecular flexibility index (Phi) is 6.58. The van der Waals surface area contributed by atoms with Gasteiger partial charge in [-0.2, -0.15) is 0 Å². The standard InChI is InChI=1S/C12H17F2O4P/c1-3-16-19(15,17-4-2)18-11(12(13)14)10-8-6-5-7-9-10/h5-9,11-12H,3-4H2,1-2H3. The molecule has 1 rings (SSSR count). The third-order valence-electron chi connectivity index (χ3n) is 2.17. The van der Waals surface area contributed by atoms with Gasteiger partial charge < -0.3 is 0 Å². The predicted molar refractivity (Wildman–Crippen MR) is 67.1 cm³/mol. The summed E-state index contributed by atoms with van der Waals surface area (Å²) in [5.74, 6) is 0. The molecule has 0 saturated carbocycles. The van der Waals surface area contributed by atoms with Gasteiger partial charge in [0, 0.05) is 0 Å². The van der Waals surface area contributed by atoms with Crippen molar-refractivity contribution in [1.29, 1.82) is 0 Å². The van der Waals surface area contributed by atoms with Gasteiger partial charge in [0.15, 0.2) is 6.10 Å². The molecule has 7 heteroatoms. The number of rotatable bonds is 8. The minimum Gasteiger partial charge on any atom is -0.287 e. The molecule has 0 spiro atoms. The smallest absolute Gasteiger partial charge is 0.287 e. The summed E-state index contributed by atoms with van der Waals surface area (Å²) in [7, 11) is -3.97. The van der Waals surface area contributed by atoms with Crippen molar-refractivity contribution in [3.63, 3.8) is 0 Å². The number of halogens is 2. The highest BCUT2D eigenvalue weighted by Crippen LogP contribution is 2.53. The summed E-state index contributed by atoms with van der Waals surface area (Å²) in [5, 5.41) is 0. The first-order chi connectivity index (χ1) is 9.02. The van der Waals surface area contributed by atoms with Crippen molar-refractivity contribution in [2.45, 2.75) is 26.4 Å². The van der Waals surface area contributed by atoms with Gasteiger partial charge >= 0.3 is 7.82 Å². The van der Waals surface area contributed by atoms with Gasteiger partial charge in [-0.25, -0.2) is 13.3 Å². The Morgan fingerprint density at radius 1 is 1.11 bits per heavy atom. The zero-order valence-corrected chi connectivity index (χ0v) is 11.7. The van der Waals surface area contributed by atoms with Gasteiger partial charge in [0.2, 0.25) is 0 Å². The quantitative estimate of drug-likeness (QED) is 0.674. The molecule has 0 radical (unpaired) electrons. The maximum atomic E-state index is 13.0. The molecule has 1 aromatic carbocycles. The van der Waals surface area contributed by atoms with Gasteiger partial charge in [0.05, 0.1) is 13.2 Å². The minimum absolute atomic E-state index is 0.0437. The third kappa shape index (κ3) is 4.99. The fraction of sp³-hybridized carbons (Fsp3) is 0.500. The zero-order chi connectivity index (χ0) is 14.3. The van der Waals surface area contributed by atoms with E-state index < -0.39 is 20.4 Å². The summed E-state index contributed by atoms with van der Waals surface area (Å²) in [4.78, 5) is 0. The maximum absolute atomic E-state index is 13.0. The molecular formula is C12H17F2O4P. The Morgan fingerprint density at radius 3 is 2.05 bits per heavy atom. The van der Waals surface area contributed by atoms with Crippen molar-refractivity contribution in [2.24, 2.45) is 0 Å². The van der Waals surface area contributed by atoms with Gasteiger partial charge in [-0.05, 0) is 19.4 Å². The Hall–Kier alpha value is -0.810. The van der Waals surface area contributed by atoms with Gasteiger partial charge in [0.25, 0.3) is 6.43 Å². The topological polar surface area (TPSA) is 44.8 Å². The van der Waals surface area contributed by atoms with Crippen LogP contribution in [0.25, 0.3) is 0 Å². The summed E-state index contributed by atoms with van der Waals surface area (Å²) in [6, 6.07) is 7.83. The first-order valence-corrected chi connectivity index (χ1v) is 7.39. The molecule has 4 nitrogen and oxygen atoms in total. The lowest BCUT2D eigenvalue weighted by molar-refractivity contribution is -0.0173. The zero-order valence-electron chi connectivity index (χ0n) is 10.8. The molecule has 0 saturated heterocycles. The first-order valence-electron chi connectivity index (χ1n) is 5.93. The van der Waals surface area contributed by atoms with Crippen LogP contribution in [0, 0.1) is 0 Å². The van der Waals surface area contributed by atoms with Gasteiger partial charge in [-0.3, -0.25) is 13.6 Å².